The van der Waals surface area contributed by atoms with E-state index in [1.165, 1.54) is 0 Å². The van der Waals surface area contributed by atoms with Crippen LogP contribution >= 0.6 is 0 Å². The number of pyridine rings is 1. The van der Waals surface area contributed by atoms with Gasteiger partial charge >= 0.3 is 0 Å². The highest BCUT2D eigenvalue weighted by molar-refractivity contribution is 5.79. The molecule has 0 saturated heterocycles. The average molecular weight is 351 g/mol. The first-order valence-corrected chi connectivity index (χ1v) is 8.90. The minimum absolute atomic E-state index is 0.621. The van der Waals surface area contributed by atoms with Crippen LogP contribution in [0.3, 0.4) is 0 Å². The SMILES string of the molecule is CCCOc1ncccc1CNC(=NC)NCCN(C)CCCOC. The summed E-state index contributed by atoms with van der Waals surface area (Å²) in [6, 6.07) is 3.93. The lowest BCUT2D eigenvalue weighted by molar-refractivity contribution is 0.180. The fraction of sp³-hybridized carbons (Fsp3) is 0.667. The van der Waals surface area contributed by atoms with E-state index in [9.17, 15) is 0 Å². The molecule has 2 N–H and O–H groups in total. The molecule has 0 saturated carbocycles. The highest BCUT2D eigenvalue weighted by Gasteiger charge is 2.06. The lowest BCUT2D eigenvalue weighted by Crippen LogP contribution is -2.40. The normalized spacial score (nSPS) is 11.6. The van der Waals surface area contributed by atoms with Gasteiger partial charge in [0.25, 0.3) is 0 Å². The number of rotatable bonds is 12. The van der Waals surface area contributed by atoms with Crippen molar-refractivity contribution in [2.75, 3.05) is 54.1 Å². The third-order valence-electron chi connectivity index (χ3n) is 3.64. The van der Waals surface area contributed by atoms with Crippen LogP contribution in [0.1, 0.15) is 25.3 Å². The molecule has 1 aromatic heterocycles. The minimum atomic E-state index is 0.621. The van der Waals surface area contributed by atoms with Gasteiger partial charge in [-0.15, -0.1) is 0 Å². The number of methoxy groups -OCH3 is 1. The van der Waals surface area contributed by atoms with Crippen LogP contribution in [-0.2, 0) is 11.3 Å². The van der Waals surface area contributed by atoms with Gasteiger partial charge in [0.1, 0.15) is 0 Å². The Morgan fingerprint density at radius 2 is 2.12 bits per heavy atom. The molecule has 0 aliphatic heterocycles. The summed E-state index contributed by atoms with van der Waals surface area (Å²) >= 11 is 0. The molecule has 0 aromatic carbocycles. The van der Waals surface area contributed by atoms with Crippen molar-refractivity contribution in [3.05, 3.63) is 23.9 Å². The van der Waals surface area contributed by atoms with Crippen LogP contribution < -0.4 is 15.4 Å². The number of hydrogen-bond donors (Lipinski definition) is 2. The number of nitrogens with one attached hydrogen (secondary N) is 2. The molecular formula is C18H33N5O2. The van der Waals surface area contributed by atoms with Crippen LogP contribution in [0.4, 0.5) is 0 Å². The number of hydrogen-bond acceptors (Lipinski definition) is 5. The van der Waals surface area contributed by atoms with E-state index in [2.05, 4.69) is 39.5 Å². The standard InChI is InChI=1S/C18H33N5O2/c1-5-13-25-17-16(8-6-9-20-17)15-22-18(19-2)21-10-12-23(3)11-7-14-24-4/h6,8-9H,5,7,10-15H2,1-4H3,(H2,19,21,22). The summed E-state index contributed by atoms with van der Waals surface area (Å²) < 4.78 is 10.8. The second kappa shape index (κ2) is 13.4. The largest absolute Gasteiger partial charge is 0.477 e. The Bertz CT molecular complexity index is 496. The summed E-state index contributed by atoms with van der Waals surface area (Å²) in [6.45, 7) is 6.98. The number of nitrogens with zero attached hydrogens (tertiary/aromatic N) is 3. The Kier molecular flexibility index (Phi) is 11.4. The molecule has 0 fully saturated rings. The predicted molar refractivity (Wildman–Crippen MR) is 102 cm³/mol. The van der Waals surface area contributed by atoms with Crippen LogP contribution in [0.2, 0.25) is 0 Å². The zero-order valence-electron chi connectivity index (χ0n) is 16.0. The summed E-state index contributed by atoms with van der Waals surface area (Å²) in [5.74, 6) is 1.46. The third-order valence-corrected chi connectivity index (χ3v) is 3.64. The van der Waals surface area contributed by atoms with Crippen molar-refractivity contribution < 1.29 is 9.47 Å². The van der Waals surface area contributed by atoms with Crippen molar-refractivity contribution >= 4 is 5.96 Å². The zero-order chi connectivity index (χ0) is 18.3. The molecule has 0 spiro atoms. The summed E-state index contributed by atoms with van der Waals surface area (Å²) in [5.41, 5.74) is 1.02. The average Bonchev–Trinajstić information content (AvgIpc) is 2.63. The van der Waals surface area contributed by atoms with E-state index in [0.717, 1.165) is 50.6 Å². The quantitative estimate of drug-likeness (QED) is 0.338. The van der Waals surface area contributed by atoms with Gasteiger partial charge in [0, 0.05) is 58.7 Å². The molecule has 0 unspecified atom stereocenters. The van der Waals surface area contributed by atoms with Gasteiger partial charge in [-0.05, 0) is 26.0 Å². The van der Waals surface area contributed by atoms with Crippen molar-refractivity contribution in [3.8, 4) is 5.88 Å². The lowest BCUT2D eigenvalue weighted by Gasteiger charge is -2.18. The Labute approximate surface area is 151 Å². The summed E-state index contributed by atoms with van der Waals surface area (Å²) in [7, 11) is 5.62. The van der Waals surface area contributed by atoms with Gasteiger partial charge in [0.15, 0.2) is 5.96 Å². The molecule has 142 valence electrons. The Morgan fingerprint density at radius 3 is 2.84 bits per heavy atom. The lowest BCUT2D eigenvalue weighted by atomic mass is 10.2. The molecule has 0 atom stereocenters. The first-order chi connectivity index (χ1) is 12.2. The van der Waals surface area contributed by atoms with Crippen molar-refractivity contribution in [2.24, 2.45) is 4.99 Å². The maximum Gasteiger partial charge on any atom is 0.218 e. The Balaban J connectivity index is 2.35. The fourth-order valence-electron chi connectivity index (χ4n) is 2.24. The topological polar surface area (TPSA) is 71.0 Å². The highest BCUT2D eigenvalue weighted by atomic mass is 16.5. The maximum absolute atomic E-state index is 5.68. The molecule has 1 rings (SSSR count). The zero-order valence-corrected chi connectivity index (χ0v) is 16.0. The second-order valence-corrected chi connectivity index (χ2v) is 5.82. The van der Waals surface area contributed by atoms with Gasteiger partial charge in [-0.25, -0.2) is 4.98 Å². The third kappa shape index (κ3) is 9.26. The molecular weight excluding hydrogens is 318 g/mol. The molecule has 7 heteroatoms. The van der Waals surface area contributed by atoms with Gasteiger partial charge in [0.2, 0.25) is 5.88 Å². The van der Waals surface area contributed by atoms with E-state index in [1.807, 2.05) is 12.1 Å². The van der Waals surface area contributed by atoms with Gasteiger partial charge in [-0.3, -0.25) is 4.99 Å². The monoisotopic (exact) mass is 351 g/mol. The van der Waals surface area contributed by atoms with E-state index in [-0.39, 0.29) is 0 Å². The van der Waals surface area contributed by atoms with Gasteiger partial charge < -0.3 is 25.0 Å². The molecule has 0 radical (unpaired) electrons. The number of ether oxygens (including phenoxy) is 2. The molecule has 25 heavy (non-hydrogen) atoms. The molecule has 7 nitrogen and oxygen atoms in total. The summed E-state index contributed by atoms with van der Waals surface area (Å²) in [4.78, 5) is 10.8. The van der Waals surface area contributed by atoms with Crippen LogP contribution in [0.15, 0.2) is 23.3 Å². The molecule has 0 bridgehead atoms. The molecule has 0 aliphatic carbocycles. The van der Waals surface area contributed by atoms with Crippen LogP contribution in [0.25, 0.3) is 0 Å². The van der Waals surface area contributed by atoms with E-state index >= 15 is 0 Å². The van der Waals surface area contributed by atoms with E-state index in [1.54, 1.807) is 20.4 Å². The second-order valence-electron chi connectivity index (χ2n) is 5.82. The Hall–Kier alpha value is -1.86. The summed E-state index contributed by atoms with van der Waals surface area (Å²) in [5, 5.41) is 6.64. The van der Waals surface area contributed by atoms with Crippen LogP contribution in [-0.4, -0.2) is 69.9 Å². The van der Waals surface area contributed by atoms with Gasteiger partial charge in [0.05, 0.1) is 6.61 Å². The minimum Gasteiger partial charge on any atom is -0.477 e. The molecule has 0 amide bonds. The predicted octanol–water partition coefficient (Wildman–Crippen LogP) is 1.50. The summed E-state index contributed by atoms with van der Waals surface area (Å²) in [6.07, 6.45) is 3.76. The van der Waals surface area contributed by atoms with Crippen molar-refractivity contribution in [1.82, 2.24) is 20.5 Å². The van der Waals surface area contributed by atoms with Gasteiger partial charge in [-0.2, -0.15) is 0 Å². The fourth-order valence-corrected chi connectivity index (χ4v) is 2.24. The number of aliphatic imine (C=N–C) groups is 1. The van der Waals surface area contributed by atoms with Crippen LogP contribution in [0, 0.1) is 0 Å². The Morgan fingerprint density at radius 1 is 1.28 bits per heavy atom. The van der Waals surface area contributed by atoms with E-state index in [4.69, 9.17) is 9.47 Å². The van der Waals surface area contributed by atoms with Crippen LogP contribution in [0.5, 0.6) is 5.88 Å². The number of aromatic nitrogens is 1. The van der Waals surface area contributed by atoms with Crippen molar-refractivity contribution in [1.29, 1.82) is 0 Å². The first kappa shape index (κ1) is 21.2. The van der Waals surface area contributed by atoms with E-state index in [0.29, 0.717) is 19.0 Å². The number of likely N-dealkylation sites (N-methyl/N-ethyl adjacent to an activating group) is 1. The van der Waals surface area contributed by atoms with E-state index < -0.39 is 0 Å². The highest BCUT2D eigenvalue weighted by Crippen LogP contribution is 2.14. The first-order valence-electron chi connectivity index (χ1n) is 8.90. The molecule has 1 heterocycles. The maximum atomic E-state index is 5.68. The number of guanidine groups is 1. The van der Waals surface area contributed by atoms with Gasteiger partial charge in [-0.1, -0.05) is 13.0 Å². The van der Waals surface area contributed by atoms with Crippen molar-refractivity contribution in [2.45, 2.75) is 26.3 Å². The molecule has 0 aliphatic rings. The molecule has 1 aromatic rings. The smallest absolute Gasteiger partial charge is 0.218 e. The van der Waals surface area contributed by atoms with Crippen molar-refractivity contribution in [3.63, 3.8) is 0 Å².